The Bertz CT molecular complexity index is 719. The van der Waals surface area contributed by atoms with Crippen molar-refractivity contribution < 1.29 is 19.0 Å². The van der Waals surface area contributed by atoms with Crippen molar-refractivity contribution >= 4 is 5.91 Å². The number of carbonyl (C=O) groups excluding carboxylic acids is 1. The van der Waals surface area contributed by atoms with Gasteiger partial charge in [0.1, 0.15) is 0 Å². The fourth-order valence-electron chi connectivity index (χ4n) is 3.21. The summed E-state index contributed by atoms with van der Waals surface area (Å²) in [5.41, 5.74) is 1.21. The van der Waals surface area contributed by atoms with Gasteiger partial charge in [-0.1, -0.05) is 42.5 Å². The van der Waals surface area contributed by atoms with Crippen LogP contribution < -0.4 is 9.47 Å². The number of carbonyl (C=O) groups is 1. The van der Waals surface area contributed by atoms with E-state index in [0.29, 0.717) is 24.6 Å². The number of benzene rings is 2. The van der Waals surface area contributed by atoms with Gasteiger partial charge in [-0.2, -0.15) is 0 Å². The molecular weight excluding hydrogens is 330 g/mol. The predicted octanol–water partition coefficient (Wildman–Crippen LogP) is 2.93. The summed E-state index contributed by atoms with van der Waals surface area (Å²) in [7, 11) is 1.59. The van der Waals surface area contributed by atoms with Gasteiger partial charge in [0.15, 0.2) is 18.1 Å². The number of para-hydroxylation sites is 2. The van der Waals surface area contributed by atoms with Crippen molar-refractivity contribution in [1.82, 2.24) is 4.90 Å². The van der Waals surface area contributed by atoms with Crippen LogP contribution in [0.1, 0.15) is 12.5 Å². The number of nitrogens with zero attached hydrogens (tertiary/aromatic N) is 1. The van der Waals surface area contributed by atoms with E-state index in [-0.39, 0.29) is 24.7 Å². The Kier molecular flexibility index (Phi) is 6.12. The molecule has 26 heavy (non-hydrogen) atoms. The van der Waals surface area contributed by atoms with Crippen molar-refractivity contribution in [2.75, 3.05) is 26.8 Å². The van der Waals surface area contributed by atoms with E-state index in [4.69, 9.17) is 14.2 Å². The molecule has 1 aliphatic rings. The van der Waals surface area contributed by atoms with Gasteiger partial charge < -0.3 is 19.1 Å². The van der Waals surface area contributed by atoms with Gasteiger partial charge in [-0.15, -0.1) is 0 Å². The van der Waals surface area contributed by atoms with Crippen LogP contribution in [-0.2, 0) is 16.0 Å². The summed E-state index contributed by atoms with van der Waals surface area (Å²) in [5.74, 6) is 1.16. The lowest BCUT2D eigenvalue weighted by molar-refractivity contribution is -0.146. The Hall–Kier alpha value is -2.53. The van der Waals surface area contributed by atoms with E-state index in [1.165, 1.54) is 5.56 Å². The lowest BCUT2D eigenvalue weighted by Crippen LogP contribution is -2.51. The lowest BCUT2D eigenvalue weighted by atomic mass is 10.1. The number of morpholine rings is 1. The average molecular weight is 355 g/mol. The van der Waals surface area contributed by atoms with Crippen molar-refractivity contribution in [2.24, 2.45) is 0 Å². The molecule has 0 aromatic heterocycles. The van der Waals surface area contributed by atoms with E-state index in [1.807, 2.05) is 48.2 Å². The van der Waals surface area contributed by atoms with Crippen LogP contribution >= 0.6 is 0 Å². The number of amides is 1. The highest BCUT2D eigenvalue weighted by atomic mass is 16.5. The van der Waals surface area contributed by atoms with Gasteiger partial charge in [0.05, 0.1) is 19.3 Å². The maximum atomic E-state index is 12.6. The molecule has 1 fully saturated rings. The summed E-state index contributed by atoms with van der Waals surface area (Å²) >= 11 is 0. The number of methoxy groups -OCH3 is 1. The van der Waals surface area contributed by atoms with Gasteiger partial charge in [0.2, 0.25) is 0 Å². The Morgan fingerprint density at radius 2 is 1.77 bits per heavy atom. The summed E-state index contributed by atoms with van der Waals surface area (Å²) in [6, 6.07) is 17.5. The first-order valence-corrected chi connectivity index (χ1v) is 8.88. The van der Waals surface area contributed by atoms with Gasteiger partial charge in [-0.3, -0.25) is 4.79 Å². The van der Waals surface area contributed by atoms with Crippen LogP contribution in [0.3, 0.4) is 0 Å². The number of ether oxygens (including phenoxy) is 3. The molecule has 0 bridgehead atoms. The molecule has 1 amide bonds. The Morgan fingerprint density at radius 3 is 2.50 bits per heavy atom. The number of hydrogen-bond donors (Lipinski definition) is 0. The second-order valence-corrected chi connectivity index (χ2v) is 6.50. The van der Waals surface area contributed by atoms with E-state index < -0.39 is 0 Å². The fourth-order valence-corrected chi connectivity index (χ4v) is 3.21. The third kappa shape index (κ3) is 4.76. The zero-order chi connectivity index (χ0) is 18.4. The van der Waals surface area contributed by atoms with Gasteiger partial charge in [0.25, 0.3) is 5.91 Å². The minimum absolute atomic E-state index is 0.00337. The Labute approximate surface area is 154 Å². The van der Waals surface area contributed by atoms with E-state index in [1.54, 1.807) is 13.2 Å². The molecule has 2 aromatic rings. The summed E-state index contributed by atoms with van der Waals surface area (Å²) in [4.78, 5) is 14.4. The maximum absolute atomic E-state index is 12.6. The van der Waals surface area contributed by atoms with Gasteiger partial charge in [-0.25, -0.2) is 0 Å². The normalized spacial score (nSPS) is 19.8. The highest BCUT2D eigenvalue weighted by Gasteiger charge is 2.28. The number of hydrogen-bond acceptors (Lipinski definition) is 4. The van der Waals surface area contributed by atoms with E-state index in [2.05, 4.69) is 12.1 Å². The standard InChI is InChI=1S/C21H25NO4/c1-16-13-22(14-18(26-16)12-17-8-4-3-5-9-17)21(23)15-25-20-11-7-6-10-19(20)24-2/h3-11,16,18H,12-15H2,1-2H3. The Morgan fingerprint density at radius 1 is 1.08 bits per heavy atom. The molecule has 2 aromatic carbocycles. The first-order valence-electron chi connectivity index (χ1n) is 8.88. The molecule has 0 spiro atoms. The molecule has 0 N–H and O–H groups in total. The van der Waals surface area contributed by atoms with E-state index in [0.717, 1.165) is 6.42 Å². The van der Waals surface area contributed by atoms with Crippen molar-refractivity contribution in [3.63, 3.8) is 0 Å². The summed E-state index contributed by atoms with van der Waals surface area (Å²) in [6.07, 6.45) is 0.798. The van der Waals surface area contributed by atoms with Crippen molar-refractivity contribution in [3.8, 4) is 11.5 Å². The fraction of sp³-hybridized carbons (Fsp3) is 0.381. The Balaban J connectivity index is 1.58. The lowest BCUT2D eigenvalue weighted by Gasteiger charge is -2.37. The first-order chi connectivity index (χ1) is 12.7. The predicted molar refractivity (Wildman–Crippen MR) is 99.6 cm³/mol. The molecule has 3 rings (SSSR count). The second-order valence-electron chi connectivity index (χ2n) is 6.50. The summed E-state index contributed by atoms with van der Waals surface area (Å²) < 4.78 is 16.9. The SMILES string of the molecule is COc1ccccc1OCC(=O)N1CC(C)OC(Cc2ccccc2)C1. The van der Waals surface area contributed by atoms with Crippen LogP contribution in [0, 0.1) is 0 Å². The molecule has 0 aliphatic carbocycles. The molecule has 138 valence electrons. The molecule has 1 saturated heterocycles. The molecule has 1 aliphatic heterocycles. The van der Waals surface area contributed by atoms with Crippen LogP contribution in [0.4, 0.5) is 0 Å². The minimum atomic E-state index is -0.0379. The van der Waals surface area contributed by atoms with E-state index in [9.17, 15) is 4.79 Å². The molecule has 5 heteroatoms. The molecule has 2 unspecified atom stereocenters. The van der Waals surface area contributed by atoms with Gasteiger partial charge in [0, 0.05) is 19.5 Å². The minimum Gasteiger partial charge on any atom is -0.493 e. The van der Waals surface area contributed by atoms with Crippen molar-refractivity contribution in [2.45, 2.75) is 25.6 Å². The summed E-state index contributed by atoms with van der Waals surface area (Å²) in [5, 5.41) is 0. The van der Waals surface area contributed by atoms with Crippen LogP contribution in [-0.4, -0.2) is 49.8 Å². The van der Waals surface area contributed by atoms with Crippen LogP contribution in [0.15, 0.2) is 54.6 Å². The second kappa shape index (κ2) is 8.72. The molecule has 5 nitrogen and oxygen atoms in total. The molecule has 1 heterocycles. The van der Waals surface area contributed by atoms with Crippen LogP contribution in [0.2, 0.25) is 0 Å². The summed E-state index contributed by atoms with van der Waals surface area (Å²) in [6.45, 7) is 3.15. The smallest absolute Gasteiger partial charge is 0.260 e. The topological polar surface area (TPSA) is 48.0 Å². The number of rotatable bonds is 6. The largest absolute Gasteiger partial charge is 0.493 e. The van der Waals surface area contributed by atoms with Crippen LogP contribution in [0.5, 0.6) is 11.5 Å². The highest BCUT2D eigenvalue weighted by Crippen LogP contribution is 2.26. The maximum Gasteiger partial charge on any atom is 0.260 e. The zero-order valence-corrected chi connectivity index (χ0v) is 15.3. The van der Waals surface area contributed by atoms with Crippen LogP contribution in [0.25, 0.3) is 0 Å². The highest BCUT2D eigenvalue weighted by molar-refractivity contribution is 5.78. The molecule has 0 radical (unpaired) electrons. The monoisotopic (exact) mass is 355 g/mol. The third-order valence-corrected chi connectivity index (χ3v) is 4.41. The zero-order valence-electron chi connectivity index (χ0n) is 15.3. The van der Waals surface area contributed by atoms with Crippen molar-refractivity contribution in [1.29, 1.82) is 0 Å². The molecular formula is C21H25NO4. The quantitative estimate of drug-likeness (QED) is 0.799. The van der Waals surface area contributed by atoms with Gasteiger partial charge >= 0.3 is 0 Å². The van der Waals surface area contributed by atoms with Gasteiger partial charge in [-0.05, 0) is 24.6 Å². The van der Waals surface area contributed by atoms with Crippen molar-refractivity contribution in [3.05, 3.63) is 60.2 Å². The average Bonchev–Trinajstić information content (AvgIpc) is 2.66. The first kappa shape index (κ1) is 18.3. The molecule has 0 saturated carbocycles. The van der Waals surface area contributed by atoms with E-state index >= 15 is 0 Å². The third-order valence-electron chi connectivity index (χ3n) is 4.41. The molecule has 2 atom stereocenters.